The molecular formula is C14H19NO2. The van der Waals surface area contributed by atoms with Crippen molar-refractivity contribution in [3.8, 4) is 0 Å². The minimum atomic E-state index is 0.320. The topological polar surface area (TPSA) is 31.2 Å². The molecule has 1 unspecified atom stereocenters. The number of rotatable bonds is 2. The zero-order valence-electron chi connectivity index (χ0n) is 10.4. The fourth-order valence-electron chi connectivity index (χ4n) is 3.04. The van der Waals surface area contributed by atoms with Crippen molar-refractivity contribution < 1.29 is 9.53 Å². The molecule has 1 atom stereocenters. The lowest BCUT2D eigenvalue weighted by molar-refractivity contribution is 0.0938. The van der Waals surface area contributed by atoms with Crippen LogP contribution in [-0.2, 0) is 17.7 Å². The van der Waals surface area contributed by atoms with Crippen LogP contribution in [0.5, 0.6) is 0 Å². The van der Waals surface area contributed by atoms with E-state index < -0.39 is 0 Å². The van der Waals surface area contributed by atoms with Gasteiger partial charge in [0.05, 0.1) is 6.10 Å². The molecule has 0 radical (unpaired) electrons. The molecule has 0 bridgehead atoms. The Kier molecular flexibility index (Phi) is 2.79. The third-order valence-corrected chi connectivity index (χ3v) is 3.94. The first-order chi connectivity index (χ1) is 8.25. The molecular weight excluding hydrogens is 214 g/mol. The Morgan fingerprint density at radius 2 is 2.29 bits per heavy atom. The Balaban J connectivity index is 1.90. The van der Waals surface area contributed by atoms with E-state index in [0.717, 1.165) is 44.4 Å². The first kappa shape index (κ1) is 11.0. The number of aryl methyl sites for hydroxylation is 1. The third-order valence-electron chi connectivity index (χ3n) is 3.94. The molecule has 2 heterocycles. The van der Waals surface area contributed by atoms with Crippen molar-refractivity contribution in [2.45, 2.75) is 51.7 Å². The maximum atomic E-state index is 11.8. The SMILES string of the molecule is Cc1cc2c(n1CC1CCCO1)CCCC2=O. The molecule has 3 nitrogen and oxygen atoms in total. The van der Waals surface area contributed by atoms with Gasteiger partial charge in [-0.05, 0) is 38.7 Å². The highest BCUT2D eigenvalue weighted by atomic mass is 16.5. The van der Waals surface area contributed by atoms with Gasteiger partial charge in [-0.3, -0.25) is 4.79 Å². The van der Waals surface area contributed by atoms with Crippen molar-refractivity contribution in [3.63, 3.8) is 0 Å². The average Bonchev–Trinajstić information content (AvgIpc) is 2.91. The van der Waals surface area contributed by atoms with Gasteiger partial charge in [-0.25, -0.2) is 0 Å². The number of Topliss-reactive ketones (excluding diaryl/α,β-unsaturated/α-hetero) is 1. The van der Waals surface area contributed by atoms with Gasteiger partial charge < -0.3 is 9.30 Å². The second-order valence-electron chi connectivity index (χ2n) is 5.17. The lowest BCUT2D eigenvalue weighted by Crippen LogP contribution is -2.20. The van der Waals surface area contributed by atoms with Crippen LogP contribution in [0.15, 0.2) is 6.07 Å². The van der Waals surface area contributed by atoms with E-state index in [9.17, 15) is 4.79 Å². The normalized spacial score (nSPS) is 24.1. The monoisotopic (exact) mass is 233 g/mol. The van der Waals surface area contributed by atoms with E-state index in [1.54, 1.807) is 0 Å². The molecule has 1 aliphatic heterocycles. The number of nitrogens with zero attached hydrogens (tertiary/aromatic N) is 1. The number of hydrogen-bond acceptors (Lipinski definition) is 2. The molecule has 1 aliphatic carbocycles. The molecule has 3 rings (SSSR count). The van der Waals surface area contributed by atoms with E-state index in [1.165, 1.54) is 17.8 Å². The van der Waals surface area contributed by atoms with Gasteiger partial charge >= 0.3 is 0 Å². The van der Waals surface area contributed by atoms with Crippen LogP contribution in [0.4, 0.5) is 0 Å². The van der Waals surface area contributed by atoms with Gasteiger partial charge in [-0.15, -0.1) is 0 Å². The number of hydrogen-bond donors (Lipinski definition) is 0. The molecule has 0 aromatic carbocycles. The number of carbonyl (C=O) groups excluding carboxylic acids is 1. The zero-order chi connectivity index (χ0) is 11.8. The van der Waals surface area contributed by atoms with Crippen molar-refractivity contribution in [3.05, 3.63) is 23.0 Å². The van der Waals surface area contributed by atoms with E-state index in [4.69, 9.17) is 4.74 Å². The van der Waals surface area contributed by atoms with Crippen molar-refractivity contribution in [1.29, 1.82) is 0 Å². The van der Waals surface area contributed by atoms with Gasteiger partial charge in [0.2, 0.25) is 0 Å². The van der Waals surface area contributed by atoms with E-state index in [2.05, 4.69) is 17.6 Å². The summed E-state index contributed by atoms with van der Waals surface area (Å²) in [4.78, 5) is 11.8. The molecule has 92 valence electrons. The molecule has 1 saturated heterocycles. The fraction of sp³-hybridized carbons (Fsp3) is 0.643. The standard InChI is InChI=1S/C14H19NO2/c1-10-8-12-13(5-2-6-14(12)16)15(10)9-11-4-3-7-17-11/h8,11H,2-7,9H2,1H3. The largest absolute Gasteiger partial charge is 0.376 e. The van der Waals surface area contributed by atoms with Crippen LogP contribution in [0.1, 0.15) is 47.4 Å². The van der Waals surface area contributed by atoms with Gasteiger partial charge in [-0.1, -0.05) is 0 Å². The van der Waals surface area contributed by atoms with Gasteiger partial charge in [-0.2, -0.15) is 0 Å². The molecule has 1 fully saturated rings. The Morgan fingerprint density at radius 1 is 1.41 bits per heavy atom. The highest BCUT2D eigenvalue weighted by molar-refractivity contribution is 5.98. The highest BCUT2D eigenvalue weighted by Gasteiger charge is 2.25. The smallest absolute Gasteiger partial charge is 0.164 e. The van der Waals surface area contributed by atoms with Crippen LogP contribution in [0.25, 0.3) is 0 Å². The summed E-state index contributed by atoms with van der Waals surface area (Å²) in [7, 11) is 0. The van der Waals surface area contributed by atoms with Crippen LogP contribution in [-0.4, -0.2) is 23.1 Å². The summed E-state index contributed by atoms with van der Waals surface area (Å²) in [6.45, 7) is 3.92. The van der Waals surface area contributed by atoms with Crippen molar-refractivity contribution in [2.24, 2.45) is 0 Å². The van der Waals surface area contributed by atoms with Crippen LogP contribution in [0.2, 0.25) is 0 Å². The van der Waals surface area contributed by atoms with E-state index in [1.807, 2.05) is 0 Å². The summed E-state index contributed by atoms with van der Waals surface area (Å²) >= 11 is 0. The fourth-order valence-corrected chi connectivity index (χ4v) is 3.04. The van der Waals surface area contributed by atoms with Gasteiger partial charge in [0.1, 0.15) is 0 Å². The zero-order valence-corrected chi connectivity index (χ0v) is 10.4. The quantitative estimate of drug-likeness (QED) is 0.786. The lowest BCUT2D eigenvalue weighted by Gasteiger charge is -2.18. The van der Waals surface area contributed by atoms with Crippen LogP contribution in [0, 0.1) is 6.92 Å². The molecule has 1 aromatic rings. The Bertz CT molecular complexity index is 441. The summed E-state index contributed by atoms with van der Waals surface area (Å²) in [6.07, 6.45) is 5.44. The van der Waals surface area contributed by atoms with Crippen molar-refractivity contribution in [1.82, 2.24) is 4.57 Å². The minimum Gasteiger partial charge on any atom is -0.376 e. The Labute approximate surface area is 102 Å². The predicted molar refractivity (Wildman–Crippen MR) is 65.4 cm³/mol. The summed E-state index contributed by atoms with van der Waals surface area (Å²) in [6, 6.07) is 2.06. The Hall–Kier alpha value is -1.09. The van der Waals surface area contributed by atoms with Crippen molar-refractivity contribution >= 4 is 5.78 Å². The van der Waals surface area contributed by atoms with Crippen LogP contribution < -0.4 is 0 Å². The average molecular weight is 233 g/mol. The third kappa shape index (κ3) is 1.93. The van der Waals surface area contributed by atoms with E-state index >= 15 is 0 Å². The van der Waals surface area contributed by atoms with E-state index in [-0.39, 0.29) is 0 Å². The molecule has 1 aromatic heterocycles. The first-order valence-electron chi connectivity index (χ1n) is 6.59. The summed E-state index contributed by atoms with van der Waals surface area (Å²) in [5.41, 5.74) is 3.42. The predicted octanol–water partition coefficient (Wildman–Crippen LogP) is 2.49. The van der Waals surface area contributed by atoms with E-state index in [0.29, 0.717) is 11.9 Å². The second kappa shape index (κ2) is 4.30. The first-order valence-corrected chi connectivity index (χ1v) is 6.59. The number of aromatic nitrogens is 1. The number of fused-ring (bicyclic) bond motifs is 1. The maximum Gasteiger partial charge on any atom is 0.164 e. The summed E-state index contributed by atoms with van der Waals surface area (Å²) < 4.78 is 8.00. The van der Waals surface area contributed by atoms with Gasteiger partial charge in [0, 0.05) is 36.5 Å². The van der Waals surface area contributed by atoms with Crippen molar-refractivity contribution in [2.75, 3.05) is 6.61 Å². The Morgan fingerprint density at radius 3 is 3.06 bits per heavy atom. The van der Waals surface area contributed by atoms with Crippen LogP contribution in [0.3, 0.4) is 0 Å². The molecule has 0 saturated carbocycles. The highest BCUT2D eigenvalue weighted by Crippen LogP contribution is 2.26. The number of carbonyl (C=O) groups is 1. The molecule has 2 aliphatic rings. The molecule has 17 heavy (non-hydrogen) atoms. The molecule has 0 spiro atoms. The summed E-state index contributed by atoms with van der Waals surface area (Å²) in [5.74, 6) is 0.320. The molecule has 0 amide bonds. The minimum absolute atomic E-state index is 0.320. The second-order valence-corrected chi connectivity index (χ2v) is 5.17. The summed E-state index contributed by atoms with van der Waals surface area (Å²) in [5, 5.41) is 0. The number of ether oxygens (including phenoxy) is 1. The molecule has 0 N–H and O–H groups in total. The molecule has 3 heteroatoms. The maximum absolute atomic E-state index is 11.8. The lowest BCUT2D eigenvalue weighted by atomic mass is 9.96. The van der Waals surface area contributed by atoms with Gasteiger partial charge in [0.25, 0.3) is 0 Å². The van der Waals surface area contributed by atoms with Gasteiger partial charge in [0.15, 0.2) is 5.78 Å². The number of ketones is 1. The van der Waals surface area contributed by atoms with Crippen LogP contribution >= 0.6 is 0 Å².